The molecule has 112 valence electrons. The van der Waals surface area contributed by atoms with Gasteiger partial charge in [-0.3, -0.25) is 9.59 Å². The molecule has 1 aromatic carbocycles. The summed E-state index contributed by atoms with van der Waals surface area (Å²) in [5.74, 6) is -0.367. The van der Waals surface area contributed by atoms with Gasteiger partial charge in [-0.15, -0.1) is 6.58 Å². The number of hydrogen-bond acceptors (Lipinski definition) is 3. The zero-order chi connectivity index (χ0) is 15.4. The van der Waals surface area contributed by atoms with E-state index in [1.165, 1.54) is 0 Å². The topological polar surface area (TPSA) is 58.6 Å². The first-order valence-corrected chi connectivity index (χ1v) is 6.87. The van der Waals surface area contributed by atoms with Crippen LogP contribution in [0.15, 0.2) is 36.9 Å². The van der Waals surface area contributed by atoms with Crippen molar-refractivity contribution >= 4 is 11.8 Å². The van der Waals surface area contributed by atoms with Crippen molar-refractivity contribution in [3.05, 3.63) is 48.0 Å². The van der Waals surface area contributed by atoms with E-state index < -0.39 is 12.1 Å². The average molecular weight is 288 g/mol. The molecule has 0 unspecified atom stereocenters. The summed E-state index contributed by atoms with van der Waals surface area (Å²) in [6.45, 7) is 5.86. The highest BCUT2D eigenvalue weighted by atomic mass is 16.5. The molecular formula is C16H20N2O3. The summed E-state index contributed by atoms with van der Waals surface area (Å²) in [6.07, 6.45) is 0.895. The molecule has 1 heterocycles. The first kappa shape index (κ1) is 15.3. The van der Waals surface area contributed by atoms with E-state index >= 15 is 0 Å². The average Bonchev–Trinajstić information content (AvgIpc) is 2.48. The van der Waals surface area contributed by atoms with E-state index in [2.05, 4.69) is 11.9 Å². The van der Waals surface area contributed by atoms with Crippen molar-refractivity contribution in [2.75, 3.05) is 20.2 Å². The Labute approximate surface area is 124 Å². The molecule has 1 fully saturated rings. The summed E-state index contributed by atoms with van der Waals surface area (Å²) in [5.41, 5.74) is 2.01. The van der Waals surface area contributed by atoms with Crippen LogP contribution in [0.4, 0.5) is 0 Å². The van der Waals surface area contributed by atoms with Gasteiger partial charge in [0.25, 0.3) is 5.91 Å². The normalized spacial score (nSPS) is 22.0. The zero-order valence-electron chi connectivity index (χ0n) is 12.3. The quantitative estimate of drug-likeness (QED) is 0.847. The van der Waals surface area contributed by atoms with Gasteiger partial charge in [0.1, 0.15) is 6.61 Å². The molecule has 1 aromatic rings. The maximum absolute atomic E-state index is 12.2. The summed E-state index contributed by atoms with van der Waals surface area (Å²) >= 11 is 0. The second-order valence-electron chi connectivity index (χ2n) is 5.13. The molecule has 1 saturated heterocycles. The Morgan fingerprint density at radius 3 is 2.76 bits per heavy atom. The van der Waals surface area contributed by atoms with Gasteiger partial charge >= 0.3 is 0 Å². The fourth-order valence-corrected chi connectivity index (χ4v) is 2.37. The number of ether oxygens (including phenoxy) is 1. The van der Waals surface area contributed by atoms with Crippen molar-refractivity contribution in [1.29, 1.82) is 0 Å². The lowest BCUT2D eigenvalue weighted by Gasteiger charge is -2.38. The Balaban J connectivity index is 2.28. The number of benzene rings is 1. The molecule has 2 atom stereocenters. The Hall–Kier alpha value is -2.14. The summed E-state index contributed by atoms with van der Waals surface area (Å²) in [7, 11) is 1.70. The Kier molecular flexibility index (Phi) is 4.75. The van der Waals surface area contributed by atoms with Crippen molar-refractivity contribution < 1.29 is 14.3 Å². The van der Waals surface area contributed by atoms with E-state index in [4.69, 9.17) is 4.74 Å². The lowest BCUT2D eigenvalue weighted by molar-refractivity contribution is -0.162. The van der Waals surface area contributed by atoms with Crippen molar-refractivity contribution in [3.63, 3.8) is 0 Å². The van der Waals surface area contributed by atoms with Crippen LogP contribution in [0.5, 0.6) is 0 Å². The molecular weight excluding hydrogens is 268 g/mol. The first-order valence-electron chi connectivity index (χ1n) is 6.87. The molecule has 5 nitrogen and oxygen atoms in total. The van der Waals surface area contributed by atoms with Gasteiger partial charge in [-0.05, 0) is 12.5 Å². The van der Waals surface area contributed by atoms with Gasteiger partial charge in [-0.2, -0.15) is 0 Å². The van der Waals surface area contributed by atoms with E-state index in [-0.39, 0.29) is 18.4 Å². The fourth-order valence-electron chi connectivity index (χ4n) is 2.37. The van der Waals surface area contributed by atoms with Crippen LogP contribution in [0.25, 0.3) is 0 Å². The highest BCUT2D eigenvalue weighted by Gasteiger charge is 2.39. The number of rotatable bonds is 4. The molecule has 0 saturated carbocycles. The standard InChI is InChI=1S/C16H20N2O3/c1-4-9-17-16(20)15-14(18(3)13(19)10-21-15)12-7-5-11(2)6-8-12/h4-8,14-15H,1,9-10H2,2-3H3,(H,17,20)/t14-,15-/m1/s1. The van der Waals surface area contributed by atoms with Gasteiger partial charge < -0.3 is 15.0 Å². The molecule has 2 rings (SSSR count). The number of carbonyl (C=O) groups excluding carboxylic acids is 2. The van der Waals surface area contributed by atoms with E-state index in [0.29, 0.717) is 6.54 Å². The van der Waals surface area contributed by atoms with Crippen molar-refractivity contribution in [2.45, 2.75) is 19.1 Å². The van der Waals surface area contributed by atoms with Crippen LogP contribution in [-0.2, 0) is 14.3 Å². The molecule has 0 radical (unpaired) electrons. The van der Waals surface area contributed by atoms with Gasteiger partial charge in [0.15, 0.2) is 6.10 Å². The van der Waals surface area contributed by atoms with Gasteiger partial charge in [0.05, 0.1) is 6.04 Å². The third-order valence-corrected chi connectivity index (χ3v) is 3.58. The highest BCUT2D eigenvalue weighted by molar-refractivity contribution is 5.86. The van der Waals surface area contributed by atoms with Crippen LogP contribution < -0.4 is 5.32 Å². The fraction of sp³-hybridized carbons (Fsp3) is 0.375. The van der Waals surface area contributed by atoms with Gasteiger partial charge in [-0.25, -0.2) is 0 Å². The maximum atomic E-state index is 12.2. The molecule has 2 amide bonds. The number of likely N-dealkylation sites (N-methyl/N-ethyl adjacent to an activating group) is 1. The lowest BCUT2D eigenvalue weighted by Crippen LogP contribution is -2.53. The molecule has 0 aromatic heterocycles. The van der Waals surface area contributed by atoms with Gasteiger partial charge in [0.2, 0.25) is 5.91 Å². The third kappa shape index (κ3) is 3.31. The van der Waals surface area contributed by atoms with Crippen molar-refractivity contribution in [1.82, 2.24) is 10.2 Å². The van der Waals surface area contributed by atoms with E-state index in [1.807, 2.05) is 31.2 Å². The zero-order valence-corrected chi connectivity index (χ0v) is 12.3. The van der Waals surface area contributed by atoms with Gasteiger partial charge in [0, 0.05) is 13.6 Å². The summed E-state index contributed by atoms with van der Waals surface area (Å²) in [4.78, 5) is 25.7. The number of nitrogens with one attached hydrogen (secondary N) is 1. The monoisotopic (exact) mass is 288 g/mol. The van der Waals surface area contributed by atoms with Crippen LogP contribution >= 0.6 is 0 Å². The van der Waals surface area contributed by atoms with Crippen LogP contribution in [0, 0.1) is 6.92 Å². The van der Waals surface area contributed by atoms with E-state index in [1.54, 1.807) is 18.0 Å². The molecule has 5 heteroatoms. The minimum atomic E-state index is -0.713. The second kappa shape index (κ2) is 6.54. The summed E-state index contributed by atoms with van der Waals surface area (Å²) < 4.78 is 5.48. The van der Waals surface area contributed by atoms with Crippen LogP contribution in [-0.4, -0.2) is 43.0 Å². The maximum Gasteiger partial charge on any atom is 0.251 e. The molecule has 1 aliphatic rings. The minimum absolute atomic E-state index is 0.0783. The lowest BCUT2D eigenvalue weighted by atomic mass is 9.97. The number of carbonyl (C=O) groups is 2. The second-order valence-corrected chi connectivity index (χ2v) is 5.13. The highest BCUT2D eigenvalue weighted by Crippen LogP contribution is 2.29. The molecule has 1 aliphatic heterocycles. The third-order valence-electron chi connectivity index (χ3n) is 3.58. The van der Waals surface area contributed by atoms with E-state index in [9.17, 15) is 9.59 Å². The number of nitrogens with zero attached hydrogens (tertiary/aromatic N) is 1. The minimum Gasteiger partial charge on any atom is -0.356 e. The smallest absolute Gasteiger partial charge is 0.251 e. The predicted octanol–water partition coefficient (Wildman–Crippen LogP) is 1.20. The first-order chi connectivity index (χ1) is 10.0. The molecule has 0 bridgehead atoms. The van der Waals surface area contributed by atoms with Crippen molar-refractivity contribution in [2.24, 2.45) is 0 Å². The van der Waals surface area contributed by atoms with Crippen LogP contribution in [0.3, 0.4) is 0 Å². The number of morpholine rings is 1. The summed E-state index contributed by atoms with van der Waals surface area (Å²) in [5, 5.41) is 2.73. The van der Waals surface area contributed by atoms with E-state index in [0.717, 1.165) is 11.1 Å². The molecule has 0 aliphatic carbocycles. The van der Waals surface area contributed by atoms with Crippen LogP contribution in [0.1, 0.15) is 17.2 Å². The summed E-state index contributed by atoms with van der Waals surface area (Å²) in [6, 6.07) is 7.34. The molecule has 21 heavy (non-hydrogen) atoms. The number of hydrogen-bond donors (Lipinski definition) is 1. The van der Waals surface area contributed by atoms with Crippen molar-refractivity contribution in [3.8, 4) is 0 Å². The Morgan fingerprint density at radius 2 is 2.14 bits per heavy atom. The largest absolute Gasteiger partial charge is 0.356 e. The SMILES string of the molecule is C=CCNC(=O)[C@@H]1OCC(=O)N(C)[C@@H]1c1ccc(C)cc1. The number of aryl methyl sites for hydroxylation is 1. The van der Waals surface area contributed by atoms with Crippen LogP contribution in [0.2, 0.25) is 0 Å². The molecule has 0 spiro atoms. The Morgan fingerprint density at radius 1 is 1.48 bits per heavy atom. The van der Waals surface area contributed by atoms with Gasteiger partial charge in [-0.1, -0.05) is 35.9 Å². The number of amides is 2. The Bertz CT molecular complexity index is 539. The predicted molar refractivity (Wildman–Crippen MR) is 79.6 cm³/mol. The molecule has 1 N–H and O–H groups in total.